The van der Waals surface area contributed by atoms with Crippen LogP contribution in [0.2, 0.25) is 0 Å². The molecule has 0 saturated heterocycles. The zero-order valence-corrected chi connectivity index (χ0v) is 9.87. The number of nitrogens with zero attached hydrogens (tertiary/aromatic N) is 1. The molecule has 0 radical (unpaired) electrons. The largest absolute Gasteiger partial charge is 0.204 e. The van der Waals surface area contributed by atoms with E-state index in [4.69, 9.17) is 5.26 Å². The number of hydrogen-bond acceptors (Lipinski definition) is 1. The molecule has 0 spiro atoms. The Hall–Kier alpha value is -2.21. The Morgan fingerprint density at radius 1 is 1.11 bits per heavy atom. The summed E-state index contributed by atoms with van der Waals surface area (Å²) in [5.74, 6) is -1.69. The van der Waals surface area contributed by atoms with Crippen molar-refractivity contribution in [1.82, 2.24) is 0 Å². The molecule has 2 rings (SSSR count). The van der Waals surface area contributed by atoms with E-state index in [9.17, 15) is 8.78 Å². The van der Waals surface area contributed by atoms with Gasteiger partial charge in [-0.05, 0) is 29.7 Å². The van der Waals surface area contributed by atoms with Crippen molar-refractivity contribution in [1.29, 1.82) is 5.26 Å². The number of benzene rings is 2. The van der Waals surface area contributed by atoms with Crippen LogP contribution in [-0.4, -0.2) is 0 Å². The van der Waals surface area contributed by atoms with Crippen molar-refractivity contribution in [3.05, 3.63) is 59.2 Å². The highest BCUT2D eigenvalue weighted by Gasteiger charge is 2.11. The monoisotopic (exact) mass is 243 g/mol. The molecule has 0 fully saturated rings. The summed E-state index contributed by atoms with van der Waals surface area (Å²) in [6.45, 7) is 1.82. The molecule has 0 saturated carbocycles. The van der Waals surface area contributed by atoms with E-state index in [0.717, 1.165) is 17.2 Å². The predicted molar refractivity (Wildman–Crippen MR) is 65.8 cm³/mol. The normalized spacial score (nSPS) is 10.1. The molecule has 3 heteroatoms. The van der Waals surface area contributed by atoms with Crippen LogP contribution in [0.5, 0.6) is 0 Å². The summed E-state index contributed by atoms with van der Waals surface area (Å²) in [5.41, 5.74) is 2.59. The SMILES string of the molecule is Cc1cc(CC#N)ccc1-c1cccc(F)c1F. The van der Waals surface area contributed by atoms with Gasteiger partial charge in [0.15, 0.2) is 11.6 Å². The summed E-state index contributed by atoms with van der Waals surface area (Å²) in [7, 11) is 0. The zero-order valence-electron chi connectivity index (χ0n) is 9.87. The average molecular weight is 243 g/mol. The first-order valence-electron chi connectivity index (χ1n) is 5.54. The lowest BCUT2D eigenvalue weighted by Crippen LogP contribution is -1.93. The summed E-state index contributed by atoms with van der Waals surface area (Å²) in [4.78, 5) is 0. The van der Waals surface area contributed by atoms with Crippen LogP contribution in [0.15, 0.2) is 36.4 Å². The van der Waals surface area contributed by atoms with Gasteiger partial charge in [0.1, 0.15) is 0 Å². The predicted octanol–water partition coefficient (Wildman–Crippen LogP) is 4.01. The van der Waals surface area contributed by atoms with Gasteiger partial charge >= 0.3 is 0 Å². The molecular weight excluding hydrogens is 232 g/mol. The van der Waals surface area contributed by atoms with Crippen molar-refractivity contribution in [2.75, 3.05) is 0 Å². The molecule has 0 aliphatic rings. The third-order valence-electron chi connectivity index (χ3n) is 2.82. The molecule has 0 heterocycles. The maximum Gasteiger partial charge on any atom is 0.166 e. The molecule has 1 nitrogen and oxygen atoms in total. The lowest BCUT2D eigenvalue weighted by molar-refractivity contribution is 0.511. The summed E-state index contributed by atoms with van der Waals surface area (Å²) in [5, 5.41) is 8.62. The van der Waals surface area contributed by atoms with Gasteiger partial charge < -0.3 is 0 Å². The van der Waals surface area contributed by atoms with Gasteiger partial charge in [-0.1, -0.05) is 30.3 Å². The van der Waals surface area contributed by atoms with Crippen molar-refractivity contribution < 1.29 is 8.78 Å². The molecule has 0 atom stereocenters. The molecule has 0 unspecified atom stereocenters. The third kappa shape index (κ3) is 2.23. The molecule has 18 heavy (non-hydrogen) atoms. The second-order valence-electron chi connectivity index (χ2n) is 4.09. The third-order valence-corrected chi connectivity index (χ3v) is 2.82. The minimum Gasteiger partial charge on any atom is -0.204 e. The van der Waals surface area contributed by atoms with Gasteiger partial charge in [-0.25, -0.2) is 8.78 Å². The van der Waals surface area contributed by atoms with Gasteiger partial charge in [-0.3, -0.25) is 0 Å². The molecule has 2 aromatic rings. The smallest absolute Gasteiger partial charge is 0.166 e. The summed E-state index contributed by atoms with van der Waals surface area (Å²) >= 11 is 0. The zero-order chi connectivity index (χ0) is 13.1. The second-order valence-corrected chi connectivity index (χ2v) is 4.09. The fourth-order valence-electron chi connectivity index (χ4n) is 1.94. The van der Waals surface area contributed by atoms with Gasteiger partial charge in [0, 0.05) is 5.56 Å². The summed E-state index contributed by atoms with van der Waals surface area (Å²) in [6.07, 6.45) is 0.312. The van der Waals surface area contributed by atoms with E-state index in [-0.39, 0.29) is 5.56 Å². The minimum absolute atomic E-state index is 0.246. The molecule has 0 aliphatic carbocycles. The van der Waals surface area contributed by atoms with Gasteiger partial charge in [-0.2, -0.15) is 5.26 Å². The number of nitriles is 1. The Morgan fingerprint density at radius 3 is 2.56 bits per heavy atom. The number of rotatable bonds is 2. The Labute approximate surface area is 104 Å². The van der Waals surface area contributed by atoms with Gasteiger partial charge in [0.25, 0.3) is 0 Å². The van der Waals surface area contributed by atoms with Crippen LogP contribution >= 0.6 is 0 Å². The maximum absolute atomic E-state index is 13.7. The molecule has 2 aromatic carbocycles. The van der Waals surface area contributed by atoms with Crippen LogP contribution in [0.1, 0.15) is 11.1 Å². The first-order valence-corrected chi connectivity index (χ1v) is 5.54. The van der Waals surface area contributed by atoms with Crippen LogP contribution in [0.4, 0.5) is 8.78 Å². The van der Waals surface area contributed by atoms with Crippen molar-refractivity contribution in [2.24, 2.45) is 0 Å². The van der Waals surface area contributed by atoms with Crippen LogP contribution in [0.3, 0.4) is 0 Å². The molecular formula is C15H11F2N. The molecule has 0 amide bonds. The number of halogens is 2. The Balaban J connectivity index is 2.52. The fraction of sp³-hybridized carbons (Fsp3) is 0.133. The molecule has 90 valence electrons. The Morgan fingerprint density at radius 2 is 1.89 bits per heavy atom. The van der Waals surface area contributed by atoms with Crippen LogP contribution in [0, 0.1) is 29.9 Å². The molecule has 0 aliphatic heterocycles. The van der Waals surface area contributed by atoms with Crippen molar-refractivity contribution >= 4 is 0 Å². The highest BCUT2D eigenvalue weighted by molar-refractivity contribution is 5.68. The lowest BCUT2D eigenvalue weighted by Gasteiger charge is -2.09. The van der Waals surface area contributed by atoms with Crippen molar-refractivity contribution in [2.45, 2.75) is 13.3 Å². The number of aryl methyl sites for hydroxylation is 1. The van der Waals surface area contributed by atoms with E-state index in [1.54, 1.807) is 18.2 Å². The van der Waals surface area contributed by atoms with E-state index in [1.807, 2.05) is 13.0 Å². The standard InChI is InChI=1S/C15H11F2N/c1-10-9-11(7-8-18)5-6-12(10)13-3-2-4-14(16)15(13)17/h2-6,9H,7H2,1H3. The topological polar surface area (TPSA) is 23.8 Å². The Kier molecular flexibility index (Phi) is 3.38. The van der Waals surface area contributed by atoms with Crippen molar-refractivity contribution in [3.63, 3.8) is 0 Å². The molecule has 0 bridgehead atoms. The van der Waals surface area contributed by atoms with Gasteiger partial charge in [0.05, 0.1) is 12.5 Å². The summed E-state index contributed by atoms with van der Waals surface area (Å²) < 4.78 is 26.9. The molecule has 0 aromatic heterocycles. The van der Waals surface area contributed by atoms with E-state index >= 15 is 0 Å². The van der Waals surface area contributed by atoms with Crippen LogP contribution in [-0.2, 0) is 6.42 Å². The lowest BCUT2D eigenvalue weighted by atomic mass is 9.97. The average Bonchev–Trinajstić information content (AvgIpc) is 2.34. The van der Waals surface area contributed by atoms with E-state index in [0.29, 0.717) is 12.0 Å². The highest BCUT2D eigenvalue weighted by atomic mass is 19.2. The second kappa shape index (κ2) is 4.97. The first kappa shape index (κ1) is 12.3. The number of hydrogen-bond donors (Lipinski definition) is 0. The van der Waals surface area contributed by atoms with E-state index in [2.05, 4.69) is 6.07 Å². The Bertz CT molecular complexity index is 627. The summed E-state index contributed by atoms with van der Waals surface area (Å²) in [6, 6.07) is 11.5. The van der Waals surface area contributed by atoms with Crippen LogP contribution < -0.4 is 0 Å². The van der Waals surface area contributed by atoms with E-state index < -0.39 is 11.6 Å². The fourth-order valence-corrected chi connectivity index (χ4v) is 1.94. The molecule has 0 N–H and O–H groups in total. The highest BCUT2D eigenvalue weighted by Crippen LogP contribution is 2.28. The van der Waals surface area contributed by atoms with E-state index in [1.165, 1.54) is 6.07 Å². The van der Waals surface area contributed by atoms with Gasteiger partial charge in [-0.15, -0.1) is 0 Å². The quantitative estimate of drug-likeness (QED) is 0.781. The van der Waals surface area contributed by atoms with Gasteiger partial charge in [0.2, 0.25) is 0 Å². The van der Waals surface area contributed by atoms with Crippen molar-refractivity contribution in [3.8, 4) is 17.2 Å². The van der Waals surface area contributed by atoms with Crippen LogP contribution in [0.25, 0.3) is 11.1 Å². The minimum atomic E-state index is -0.854. The maximum atomic E-state index is 13.7. The first-order chi connectivity index (χ1) is 8.63.